The van der Waals surface area contributed by atoms with Crippen LogP contribution in [0.4, 0.5) is 11.4 Å². The van der Waals surface area contributed by atoms with Crippen LogP contribution in [0.3, 0.4) is 0 Å². The normalized spacial score (nSPS) is 22.6. The van der Waals surface area contributed by atoms with Gasteiger partial charge in [-0.3, -0.25) is 14.9 Å². The van der Waals surface area contributed by atoms with Crippen LogP contribution in [0.2, 0.25) is 0 Å². The van der Waals surface area contributed by atoms with E-state index in [0.717, 1.165) is 19.5 Å². The summed E-state index contributed by atoms with van der Waals surface area (Å²) in [4.78, 5) is 24.0. The van der Waals surface area contributed by atoms with E-state index in [9.17, 15) is 14.9 Å². The average molecular weight is 277 g/mol. The number of nitrogens with two attached hydrogens (primary N) is 1. The molecule has 0 bridgehead atoms. The molecule has 20 heavy (non-hydrogen) atoms. The third kappa shape index (κ3) is 2.89. The molecular formula is C14H19N3O3. The highest BCUT2D eigenvalue weighted by Crippen LogP contribution is 2.30. The lowest BCUT2D eigenvalue weighted by Gasteiger charge is -2.37. The molecule has 2 rings (SSSR count). The number of piperidine rings is 1. The molecular weight excluding hydrogens is 258 g/mol. The molecule has 0 aromatic heterocycles. The first kappa shape index (κ1) is 14.3. The zero-order valence-electron chi connectivity index (χ0n) is 11.7. The fraction of sp³-hybridized carbons (Fsp3) is 0.500. The Hall–Kier alpha value is -2.11. The maximum Gasteiger partial charge on any atom is 0.270 e. The molecule has 108 valence electrons. The molecule has 1 aromatic rings. The van der Waals surface area contributed by atoms with Crippen molar-refractivity contribution in [2.45, 2.75) is 20.3 Å². The van der Waals surface area contributed by atoms with Gasteiger partial charge in [0.2, 0.25) is 0 Å². The van der Waals surface area contributed by atoms with E-state index in [-0.39, 0.29) is 11.3 Å². The van der Waals surface area contributed by atoms with Crippen molar-refractivity contribution < 1.29 is 9.72 Å². The number of rotatable bonds is 3. The number of anilines is 1. The number of hydrogen-bond acceptors (Lipinski definition) is 4. The largest absolute Gasteiger partial charge is 0.370 e. The van der Waals surface area contributed by atoms with Crippen LogP contribution in [0.1, 0.15) is 30.6 Å². The Morgan fingerprint density at radius 3 is 2.45 bits per heavy atom. The van der Waals surface area contributed by atoms with E-state index in [0.29, 0.717) is 17.5 Å². The molecule has 2 atom stereocenters. The summed E-state index contributed by atoms with van der Waals surface area (Å²) in [6, 6.07) is 4.32. The fourth-order valence-electron chi connectivity index (χ4n) is 2.97. The highest BCUT2D eigenvalue weighted by molar-refractivity contribution is 5.99. The van der Waals surface area contributed by atoms with Crippen LogP contribution in [-0.2, 0) is 0 Å². The van der Waals surface area contributed by atoms with Gasteiger partial charge < -0.3 is 10.6 Å². The average Bonchev–Trinajstić information content (AvgIpc) is 2.36. The lowest BCUT2D eigenvalue weighted by Crippen LogP contribution is -2.39. The molecule has 0 saturated carbocycles. The molecule has 1 amide bonds. The summed E-state index contributed by atoms with van der Waals surface area (Å²) >= 11 is 0. The summed E-state index contributed by atoms with van der Waals surface area (Å²) in [5, 5.41) is 10.8. The quantitative estimate of drug-likeness (QED) is 0.677. The number of non-ortho nitro benzene ring substituents is 1. The van der Waals surface area contributed by atoms with E-state index >= 15 is 0 Å². The number of nitro benzene ring substituents is 1. The van der Waals surface area contributed by atoms with Crippen molar-refractivity contribution in [2.24, 2.45) is 17.6 Å². The van der Waals surface area contributed by atoms with Crippen molar-refractivity contribution in [3.05, 3.63) is 33.9 Å². The highest BCUT2D eigenvalue weighted by Gasteiger charge is 2.25. The second kappa shape index (κ2) is 5.48. The van der Waals surface area contributed by atoms with E-state index in [4.69, 9.17) is 5.73 Å². The molecule has 0 radical (unpaired) electrons. The SMILES string of the molecule is C[C@H]1C[C@H](C)CN(c2ccc([N+](=O)[O-])cc2C(N)=O)C1. The van der Waals surface area contributed by atoms with Crippen LogP contribution < -0.4 is 10.6 Å². The van der Waals surface area contributed by atoms with Gasteiger partial charge in [0.1, 0.15) is 0 Å². The minimum Gasteiger partial charge on any atom is -0.370 e. The molecule has 1 aliphatic heterocycles. The van der Waals surface area contributed by atoms with Gasteiger partial charge in [0.15, 0.2) is 0 Å². The number of carbonyl (C=O) groups excluding carboxylic acids is 1. The van der Waals surface area contributed by atoms with E-state index in [1.807, 2.05) is 0 Å². The summed E-state index contributed by atoms with van der Waals surface area (Å²) in [6.45, 7) is 6.00. The Balaban J connectivity index is 2.40. The Morgan fingerprint density at radius 1 is 1.35 bits per heavy atom. The Labute approximate surface area is 117 Å². The van der Waals surface area contributed by atoms with Crippen LogP contribution in [0.25, 0.3) is 0 Å². The van der Waals surface area contributed by atoms with Gasteiger partial charge in [-0.1, -0.05) is 13.8 Å². The van der Waals surface area contributed by atoms with Crippen LogP contribution in [0.5, 0.6) is 0 Å². The zero-order chi connectivity index (χ0) is 14.9. The number of benzene rings is 1. The number of nitro groups is 1. The van der Waals surface area contributed by atoms with E-state index in [2.05, 4.69) is 18.7 Å². The molecule has 0 unspecified atom stereocenters. The van der Waals surface area contributed by atoms with Crippen molar-refractivity contribution >= 4 is 17.3 Å². The van der Waals surface area contributed by atoms with Crippen molar-refractivity contribution in [2.75, 3.05) is 18.0 Å². The second-order valence-electron chi connectivity index (χ2n) is 5.67. The van der Waals surface area contributed by atoms with E-state index in [1.165, 1.54) is 12.1 Å². The van der Waals surface area contributed by atoms with Gasteiger partial charge in [-0.15, -0.1) is 0 Å². The number of nitrogens with zero attached hydrogens (tertiary/aromatic N) is 2. The van der Waals surface area contributed by atoms with Gasteiger partial charge in [-0.2, -0.15) is 0 Å². The third-order valence-electron chi connectivity index (χ3n) is 3.67. The molecule has 0 spiro atoms. The van der Waals surface area contributed by atoms with Crippen molar-refractivity contribution in [3.63, 3.8) is 0 Å². The van der Waals surface area contributed by atoms with Gasteiger partial charge in [0.05, 0.1) is 16.2 Å². The Kier molecular flexibility index (Phi) is 3.92. The summed E-state index contributed by atoms with van der Waals surface area (Å²) in [5.41, 5.74) is 6.18. The van der Waals surface area contributed by atoms with Crippen LogP contribution in [0.15, 0.2) is 18.2 Å². The predicted octanol–water partition coefficient (Wildman–Crippen LogP) is 2.18. The second-order valence-corrected chi connectivity index (χ2v) is 5.67. The smallest absolute Gasteiger partial charge is 0.270 e. The van der Waals surface area contributed by atoms with Crippen molar-refractivity contribution in [1.29, 1.82) is 0 Å². The van der Waals surface area contributed by atoms with Gasteiger partial charge in [0, 0.05) is 25.2 Å². The maximum atomic E-state index is 11.6. The lowest BCUT2D eigenvalue weighted by molar-refractivity contribution is -0.384. The Bertz CT molecular complexity index is 534. The molecule has 6 heteroatoms. The van der Waals surface area contributed by atoms with Crippen LogP contribution >= 0.6 is 0 Å². The first-order valence-electron chi connectivity index (χ1n) is 6.71. The molecule has 6 nitrogen and oxygen atoms in total. The van der Waals surface area contributed by atoms with Gasteiger partial charge in [-0.25, -0.2) is 0 Å². The monoisotopic (exact) mass is 277 g/mol. The van der Waals surface area contributed by atoms with Crippen LogP contribution in [-0.4, -0.2) is 23.9 Å². The lowest BCUT2D eigenvalue weighted by atomic mass is 9.91. The first-order chi connectivity index (χ1) is 9.38. The fourth-order valence-corrected chi connectivity index (χ4v) is 2.97. The number of primary amides is 1. The standard InChI is InChI=1S/C14H19N3O3/c1-9-5-10(2)8-16(7-9)13-4-3-11(17(19)20)6-12(13)14(15)18/h3-4,6,9-10H,5,7-8H2,1-2H3,(H2,15,18)/t9-,10-/m0/s1. The minimum absolute atomic E-state index is 0.111. The maximum absolute atomic E-state index is 11.6. The van der Waals surface area contributed by atoms with Crippen molar-refractivity contribution in [1.82, 2.24) is 0 Å². The van der Waals surface area contributed by atoms with Gasteiger partial charge in [0.25, 0.3) is 11.6 Å². The minimum atomic E-state index is -0.630. The van der Waals surface area contributed by atoms with Gasteiger partial charge >= 0.3 is 0 Å². The molecule has 1 aromatic carbocycles. The topological polar surface area (TPSA) is 89.5 Å². The number of amides is 1. The van der Waals surface area contributed by atoms with E-state index in [1.54, 1.807) is 6.07 Å². The highest BCUT2D eigenvalue weighted by atomic mass is 16.6. The molecule has 2 N–H and O–H groups in total. The van der Waals surface area contributed by atoms with Crippen LogP contribution in [0, 0.1) is 22.0 Å². The number of carbonyl (C=O) groups is 1. The van der Waals surface area contributed by atoms with E-state index < -0.39 is 10.8 Å². The summed E-state index contributed by atoms with van der Waals surface area (Å²) in [7, 11) is 0. The first-order valence-corrected chi connectivity index (χ1v) is 6.71. The zero-order valence-corrected chi connectivity index (χ0v) is 11.7. The van der Waals surface area contributed by atoms with Crippen molar-refractivity contribution in [3.8, 4) is 0 Å². The summed E-state index contributed by atoms with van der Waals surface area (Å²) < 4.78 is 0. The molecule has 1 fully saturated rings. The molecule has 1 heterocycles. The third-order valence-corrected chi connectivity index (χ3v) is 3.67. The Morgan fingerprint density at radius 2 is 1.95 bits per heavy atom. The number of hydrogen-bond donors (Lipinski definition) is 1. The molecule has 0 aliphatic carbocycles. The predicted molar refractivity (Wildman–Crippen MR) is 76.8 cm³/mol. The van der Waals surface area contributed by atoms with Gasteiger partial charge in [-0.05, 0) is 24.3 Å². The summed E-state index contributed by atoms with van der Waals surface area (Å²) in [5.74, 6) is 0.416. The summed E-state index contributed by atoms with van der Waals surface area (Å²) in [6.07, 6.45) is 1.15. The molecule has 1 saturated heterocycles. The molecule has 1 aliphatic rings.